The highest BCUT2D eigenvalue weighted by atomic mass is 28.1. The molecule has 0 aromatic rings. The van der Waals surface area contributed by atoms with E-state index in [0.717, 1.165) is 0 Å². The van der Waals surface area contributed by atoms with Crippen molar-refractivity contribution in [3.8, 4) is 0 Å². The molecule has 0 saturated heterocycles. The quantitative estimate of drug-likeness (QED) is 0.423. The summed E-state index contributed by atoms with van der Waals surface area (Å²) in [4.78, 5) is 0. The van der Waals surface area contributed by atoms with Crippen LogP contribution in [0.25, 0.3) is 0 Å². The smallest absolute Gasteiger partial charge is 0 e. The number of hydrogen-bond acceptors (Lipinski definition) is 0. The third-order valence-electron chi connectivity index (χ3n) is 0.500. The molecule has 0 aromatic carbocycles. The predicted molar refractivity (Wildman–Crippen MR) is 26.3 cm³/mol. The molecule has 30 valence electrons. The van der Waals surface area contributed by atoms with Gasteiger partial charge in [0.25, 0.3) is 0 Å². The van der Waals surface area contributed by atoms with Gasteiger partial charge < -0.3 is 0 Å². The van der Waals surface area contributed by atoms with E-state index in [2.05, 4.69) is 13.8 Å². The first-order chi connectivity index (χ1) is 1.91. The number of hydrogen-bond donors (Lipinski definition) is 0. The second-order valence-corrected chi connectivity index (χ2v) is 1.000. The van der Waals surface area contributed by atoms with Crippen LogP contribution in [0.4, 0.5) is 0 Å². The van der Waals surface area contributed by atoms with E-state index in [1.165, 1.54) is 12.8 Å². The molecule has 0 rings (SSSR count). The van der Waals surface area contributed by atoms with Gasteiger partial charge in [-0.2, -0.15) is 0 Å². The van der Waals surface area contributed by atoms with Crippen molar-refractivity contribution in [2.75, 3.05) is 0 Å². The SMILES string of the molecule is CCCC.[Si]. The fourth-order valence-electron chi connectivity index (χ4n) is 0. The van der Waals surface area contributed by atoms with Crippen molar-refractivity contribution in [2.45, 2.75) is 26.7 Å². The van der Waals surface area contributed by atoms with Gasteiger partial charge in [-0.05, 0) is 0 Å². The predicted octanol–water partition coefficient (Wildman–Crippen LogP) is 1.43. The molecule has 0 unspecified atom stereocenters. The van der Waals surface area contributed by atoms with Crippen LogP contribution >= 0.6 is 0 Å². The molecule has 0 aliphatic rings. The van der Waals surface area contributed by atoms with Crippen LogP contribution in [0.5, 0.6) is 0 Å². The van der Waals surface area contributed by atoms with E-state index >= 15 is 0 Å². The van der Waals surface area contributed by atoms with Crippen molar-refractivity contribution < 1.29 is 0 Å². The Balaban J connectivity index is 0. The van der Waals surface area contributed by atoms with Crippen LogP contribution < -0.4 is 0 Å². The molecular weight excluding hydrogens is 76.1 g/mol. The molecule has 0 bridgehead atoms. The minimum absolute atomic E-state index is 0. The zero-order valence-corrected chi connectivity index (χ0v) is 4.91. The monoisotopic (exact) mass is 86.1 g/mol. The van der Waals surface area contributed by atoms with Crippen LogP contribution in [0, 0.1) is 0 Å². The Kier molecular flexibility index (Phi) is 15.9. The standard InChI is InChI=1S/C4H10.Si/c1-3-4-2;/h3-4H2,1-2H3;. The molecule has 0 nitrogen and oxygen atoms in total. The summed E-state index contributed by atoms with van der Waals surface area (Å²) in [6.07, 6.45) is 2.64. The molecule has 0 fully saturated rings. The molecule has 5 heavy (non-hydrogen) atoms. The molecule has 0 amide bonds. The van der Waals surface area contributed by atoms with Gasteiger partial charge in [-0.1, -0.05) is 26.7 Å². The van der Waals surface area contributed by atoms with E-state index < -0.39 is 0 Å². The maximum atomic E-state index is 2.18. The first kappa shape index (κ1) is 8.96. The van der Waals surface area contributed by atoms with Crippen LogP contribution in [0.3, 0.4) is 0 Å². The first-order valence-corrected chi connectivity index (χ1v) is 1.91. The van der Waals surface area contributed by atoms with Crippen LogP contribution in [0.1, 0.15) is 26.7 Å². The van der Waals surface area contributed by atoms with Gasteiger partial charge in [-0.15, -0.1) is 0 Å². The van der Waals surface area contributed by atoms with Gasteiger partial charge in [-0.3, -0.25) is 0 Å². The zero-order chi connectivity index (χ0) is 3.41. The highest BCUT2D eigenvalue weighted by Crippen LogP contribution is 1.76. The minimum Gasteiger partial charge on any atom is -0.0654 e. The lowest BCUT2D eigenvalue weighted by atomic mass is 10.4. The van der Waals surface area contributed by atoms with Gasteiger partial charge in [0.15, 0.2) is 0 Å². The van der Waals surface area contributed by atoms with E-state index in [-0.39, 0.29) is 11.0 Å². The Hall–Kier alpha value is 0.217. The fourth-order valence-corrected chi connectivity index (χ4v) is 0. The molecular formula is C4H10Si. The molecule has 0 atom stereocenters. The second kappa shape index (κ2) is 8.88. The van der Waals surface area contributed by atoms with Crippen molar-refractivity contribution in [2.24, 2.45) is 0 Å². The average molecular weight is 86.2 g/mol. The van der Waals surface area contributed by atoms with E-state index in [4.69, 9.17) is 0 Å². The lowest BCUT2D eigenvalue weighted by Gasteiger charge is -1.68. The zero-order valence-electron chi connectivity index (χ0n) is 3.91. The molecule has 0 aliphatic carbocycles. The van der Waals surface area contributed by atoms with Gasteiger partial charge in [0.1, 0.15) is 0 Å². The Morgan fingerprint density at radius 3 is 1.20 bits per heavy atom. The number of rotatable bonds is 1. The van der Waals surface area contributed by atoms with Gasteiger partial charge >= 0.3 is 0 Å². The summed E-state index contributed by atoms with van der Waals surface area (Å²) >= 11 is 0. The lowest BCUT2D eigenvalue weighted by Crippen LogP contribution is -1.47. The van der Waals surface area contributed by atoms with E-state index in [0.29, 0.717) is 0 Å². The highest BCUT2D eigenvalue weighted by Gasteiger charge is 1.56. The van der Waals surface area contributed by atoms with Gasteiger partial charge in [0, 0.05) is 11.0 Å². The van der Waals surface area contributed by atoms with E-state index in [1.54, 1.807) is 0 Å². The summed E-state index contributed by atoms with van der Waals surface area (Å²) in [7, 11) is 0. The molecule has 0 aromatic heterocycles. The molecule has 0 heterocycles. The second-order valence-electron chi connectivity index (χ2n) is 1.000. The summed E-state index contributed by atoms with van der Waals surface area (Å²) < 4.78 is 0. The van der Waals surface area contributed by atoms with Crippen LogP contribution in [0.15, 0.2) is 0 Å². The van der Waals surface area contributed by atoms with Crippen molar-refractivity contribution in [3.63, 3.8) is 0 Å². The highest BCUT2D eigenvalue weighted by molar-refractivity contribution is 5.75. The van der Waals surface area contributed by atoms with Crippen LogP contribution in [-0.4, -0.2) is 11.0 Å². The fraction of sp³-hybridized carbons (Fsp3) is 1.00. The first-order valence-electron chi connectivity index (χ1n) is 1.91. The molecule has 0 saturated carbocycles. The third-order valence-corrected chi connectivity index (χ3v) is 0.500. The van der Waals surface area contributed by atoms with Crippen molar-refractivity contribution in [3.05, 3.63) is 0 Å². The number of unbranched alkanes of at least 4 members (excludes halogenated alkanes) is 1. The average Bonchev–Trinajstić information content (AvgIpc) is 1.37. The normalized spacial score (nSPS) is 6.00. The van der Waals surface area contributed by atoms with Gasteiger partial charge in [0.05, 0.1) is 0 Å². The maximum absolute atomic E-state index is 2.18. The summed E-state index contributed by atoms with van der Waals surface area (Å²) in [5, 5.41) is 0. The Morgan fingerprint density at radius 2 is 1.20 bits per heavy atom. The lowest BCUT2D eigenvalue weighted by molar-refractivity contribution is 0.886. The molecule has 0 spiro atoms. The summed E-state index contributed by atoms with van der Waals surface area (Å²) in [5.74, 6) is 0. The van der Waals surface area contributed by atoms with Gasteiger partial charge in [0.2, 0.25) is 0 Å². The minimum atomic E-state index is 0. The maximum Gasteiger partial charge on any atom is 0 e. The van der Waals surface area contributed by atoms with E-state index in [9.17, 15) is 0 Å². The van der Waals surface area contributed by atoms with E-state index in [1.807, 2.05) is 0 Å². The Bertz CT molecular complexity index is 5.61. The third kappa shape index (κ3) is 14.0. The topological polar surface area (TPSA) is 0 Å². The van der Waals surface area contributed by atoms with Crippen molar-refractivity contribution >= 4 is 11.0 Å². The molecule has 0 N–H and O–H groups in total. The summed E-state index contributed by atoms with van der Waals surface area (Å²) in [6, 6.07) is 0. The Labute approximate surface area is 38.6 Å². The molecule has 0 aliphatic heterocycles. The van der Waals surface area contributed by atoms with Crippen molar-refractivity contribution in [1.29, 1.82) is 0 Å². The molecule has 4 radical (unpaired) electrons. The summed E-state index contributed by atoms with van der Waals surface area (Å²) in [5.41, 5.74) is 0. The van der Waals surface area contributed by atoms with Crippen LogP contribution in [0.2, 0.25) is 0 Å². The largest absolute Gasteiger partial charge is 0.0654 e. The molecule has 1 heteroatoms. The summed E-state index contributed by atoms with van der Waals surface area (Å²) in [6.45, 7) is 4.36. The Morgan fingerprint density at radius 1 is 1.00 bits per heavy atom. The van der Waals surface area contributed by atoms with Crippen molar-refractivity contribution in [1.82, 2.24) is 0 Å². The van der Waals surface area contributed by atoms with Gasteiger partial charge in [-0.25, -0.2) is 0 Å². The van der Waals surface area contributed by atoms with Crippen LogP contribution in [-0.2, 0) is 0 Å².